The molecule has 0 fully saturated rings. The number of aliphatic carboxylic acids is 1. The summed E-state index contributed by atoms with van der Waals surface area (Å²) in [6.07, 6.45) is 2.51. The van der Waals surface area contributed by atoms with Crippen LogP contribution in [0.15, 0.2) is 47.5 Å². The highest BCUT2D eigenvalue weighted by atomic mass is 16.5. The maximum absolute atomic E-state index is 11.9. The first-order valence-corrected chi connectivity index (χ1v) is 7.97. The Morgan fingerprint density at radius 1 is 0.857 bits per heavy atom. The van der Waals surface area contributed by atoms with Gasteiger partial charge in [-0.1, -0.05) is 12.1 Å². The number of carbonyl (C=O) groups excluding carboxylic acids is 1. The average molecular weight is 385 g/mol. The molecular formula is C20H19NO7. The third-order valence-corrected chi connectivity index (χ3v) is 3.82. The quantitative estimate of drug-likeness (QED) is 0.423. The van der Waals surface area contributed by atoms with E-state index >= 15 is 0 Å². The van der Waals surface area contributed by atoms with Crippen LogP contribution < -0.4 is 15.2 Å². The number of ether oxygens (including phenoxy) is 2. The largest absolute Gasteiger partial charge is 0.504 e. The fraction of sp³-hybridized carbons (Fsp3) is 0.100. The van der Waals surface area contributed by atoms with Crippen molar-refractivity contribution in [2.75, 3.05) is 14.2 Å². The maximum atomic E-state index is 11.9. The van der Waals surface area contributed by atoms with Crippen molar-refractivity contribution in [3.05, 3.63) is 58.7 Å². The second kappa shape index (κ2) is 8.63. The molecular weight excluding hydrogens is 366 g/mol. The van der Waals surface area contributed by atoms with E-state index < -0.39 is 11.9 Å². The van der Waals surface area contributed by atoms with Crippen LogP contribution in [0.4, 0.5) is 0 Å². The number of hydrogen-bond acceptors (Lipinski definition) is 6. The molecule has 5 N–H and O–H groups in total. The van der Waals surface area contributed by atoms with Crippen LogP contribution in [0.2, 0.25) is 0 Å². The van der Waals surface area contributed by atoms with E-state index in [1.165, 1.54) is 62.8 Å². The van der Waals surface area contributed by atoms with Crippen molar-refractivity contribution in [3.63, 3.8) is 0 Å². The van der Waals surface area contributed by atoms with Crippen LogP contribution >= 0.6 is 0 Å². The van der Waals surface area contributed by atoms with Crippen LogP contribution in [-0.4, -0.2) is 41.4 Å². The molecule has 0 aromatic heterocycles. The summed E-state index contributed by atoms with van der Waals surface area (Å²) in [6, 6.07) is 8.47. The van der Waals surface area contributed by atoms with E-state index in [2.05, 4.69) is 0 Å². The molecule has 0 spiro atoms. The van der Waals surface area contributed by atoms with E-state index in [1.54, 1.807) is 0 Å². The van der Waals surface area contributed by atoms with Gasteiger partial charge in [-0.2, -0.15) is 0 Å². The van der Waals surface area contributed by atoms with Gasteiger partial charge in [0, 0.05) is 0 Å². The molecule has 1 amide bonds. The molecule has 0 saturated carbocycles. The summed E-state index contributed by atoms with van der Waals surface area (Å²) >= 11 is 0. The van der Waals surface area contributed by atoms with E-state index in [0.29, 0.717) is 11.1 Å². The summed E-state index contributed by atoms with van der Waals surface area (Å²) in [4.78, 5) is 23.7. The SMILES string of the molecule is COc1cc(/C=C(C(N)=O)\C(=C/c2ccc(O)c(OC)c2)C(=O)O)ccc1O. The lowest BCUT2D eigenvalue weighted by Gasteiger charge is -2.09. The number of amides is 1. The molecule has 0 atom stereocenters. The fourth-order valence-corrected chi connectivity index (χ4v) is 2.44. The predicted molar refractivity (Wildman–Crippen MR) is 102 cm³/mol. The highest BCUT2D eigenvalue weighted by Gasteiger charge is 2.19. The molecule has 8 nitrogen and oxygen atoms in total. The summed E-state index contributed by atoms with van der Waals surface area (Å²) in [5, 5.41) is 28.9. The van der Waals surface area contributed by atoms with Crippen molar-refractivity contribution in [1.29, 1.82) is 0 Å². The van der Waals surface area contributed by atoms with Gasteiger partial charge >= 0.3 is 5.97 Å². The van der Waals surface area contributed by atoms with Crippen molar-refractivity contribution >= 4 is 24.0 Å². The highest BCUT2D eigenvalue weighted by molar-refractivity contribution is 6.13. The van der Waals surface area contributed by atoms with Crippen molar-refractivity contribution in [2.45, 2.75) is 0 Å². The topological polar surface area (TPSA) is 139 Å². The molecule has 0 unspecified atom stereocenters. The summed E-state index contributed by atoms with van der Waals surface area (Å²) in [5.41, 5.74) is 5.57. The standard InChI is InChI=1S/C20H19NO7/c1-27-17-9-11(3-5-15(17)22)7-13(19(21)24)14(20(25)26)8-12-4-6-16(23)18(10-12)28-2/h3-10,22-23H,1-2H3,(H2,21,24)(H,25,26)/b13-7+,14-8+. The number of carbonyl (C=O) groups is 2. The number of phenolic OH excluding ortho intramolecular Hbond substituents is 2. The molecule has 0 aliphatic rings. The van der Waals surface area contributed by atoms with Crippen LogP contribution in [-0.2, 0) is 9.59 Å². The lowest BCUT2D eigenvalue weighted by atomic mass is 9.99. The minimum atomic E-state index is -1.37. The number of carboxylic acid groups (broad SMARTS) is 1. The number of methoxy groups -OCH3 is 2. The lowest BCUT2D eigenvalue weighted by Crippen LogP contribution is -2.19. The first-order chi connectivity index (χ1) is 13.3. The van der Waals surface area contributed by atoms with Crippen LogP contribution in [0, 0.1) is 0 Å². The van der Waals surface area contributed by atoms with Gasteiger partial charge in [0.25, 0.3) is 0 Å². The number of hydrogen-bond donors (Lipinski definition) is 4. The van der Waals surface area contributed by atoms with E-state index in [0.717, 1.165) is 0 Å². The van der Waals surface area contributed by atoms with Gasteiger partial charge in [-0.15, -0.1) is 0 Å². The van der Waals surface area contributed by atoms with Gasteiger partial charge in [-0.25, -0.2) is 4.79 Å². The van der Waals surface area contributed by atoms with Crippen LogP contribution in [0.3, 0.4) is 0 Å². The van der Waals surface area contributed by atoms with Gasteiger partial charge in [-0.05, 0) is 47.5 Å². The van der Waals surface area contributed by atoms with Gasteiger partial charge < -0.3 is 30.5 Å². The molecule has 0 aliphatic heterocycles. The molecule has 0 radical (unpaired) electrons. The second-order valence-corrected chi connectivity index (χ2v) is 5.65. The Bertz CT molecular complexity index is 897. The molecule has 0 aliphatic carbocycles. The maximum Gasteiger partial charge on any atom is 0.336 e. The number of nitrogens with two attached hydrogens (primary N) is 1. The van der Waals surface area contributed by atoms with Crippen molar-refractivity contribution < 1.29 is 34.4 Å². The van der Waals surface area contributed by atoms with Gasteiger partial charge in [0.1, 0.15) is 0 Å². The van der Waals surface area contributed by atoms with Crippen LogP contribution in [0.25, 0.3) is 12.2 Å². The zero-order chi connectivity index (χ0) is 20.8. The second-order valence-electron chi connectivity index (χ2n) is 5.65. The van der Waals surface area contributed by atoms with Crippen LogP contribution in [0.5, 0.6) is 23.0 Å². The molecule has 0 saturated heterocycles. The Labute approximate surface area is 160 Å². The van der Waals surface area contributed by atoms with Crippen LogP contribution in [0.1, 0.15) is 11.1 Å². The summed E-state index contributed by atoms with van der Waals surface area (Å²) in [5.74, 6) is -2.24. The van der Waals surface area contributed by atoms with E-state index in [4.69, 9.17) is 15.2 Å². The molecule has 2 aromatic carbocycles. The number of rotatable bonds is 7. The summed E-state index contributed by atoms with van der Waals surface area (Å²) < 4.78 is 10.0. The van der Waals surface area contributed by atoms with Crippen molar-refractivity contribution in [1.82, 2.24) is 0 Å². The minimum absolute atomic E-state index is 0.106. The third kappa shape index (κ3) is 4.61. The third-order valence-electron chi connectivity index (χ3n) is 3.82. The number of primary amides is 1. The Morgan fingerprint density at radius 2 is 1.29 bits per heavy atom. The van der Waals surface area contributed by atoms with E-state index in [1.807, 2.05) is 0 Å². The fourth-order valence-electron chi connectivity index (χ4n) is 2.44. The number of aromatic hydroxyl groups is 2. The summed E-state index contributed by atoms with van der Waals surface area (Å²) in [6.45, 7) is 0. The molecule has 0 heterocycles. The smallest absolute Gasteiger partial charge is 0.336 e. The first kappa shape index (κ1) is 20.4. The number of benzene rings is 2. The number of phenols is 2. The van der Waals surface area contributed by atoms with Crippen molar-refractivity contribution in [3.8, 4) is 23.0 Å². The zero-order valence-electron chi connectivity index (χ0n) is 15.2. The van der Waals surface area contributed by atoms with Crippen molar-refractivity contribution in [2.24, 2.45) is 5.73 Å². The molecule has 2 rings (SSSR count). The molecule has 2 aromatic rings. The average Bonchev–Trinajstić information content (AvgIpc) is 2.66. The molecule has 0 bridgehead atoms. The van der Waals surface area contributed by atoms with Gasteiger partial charge in [-0.3, -0.25) is 4.79 Å². The predicted octanol–water partition coefficient (Wildman–Crippen LogP) is 2.15. The Balaban J connectivity index is 2.60. The normalized spacial score (nSPS) is 11.8. The highest BCUT2D eigenvalue weighted by Crippen LogP contribution is 2.30. The Kier molecular flexibility index (Phi) is 6.28. The Morgan fingerprint density at radius 3 is 1.64 bits per heavy atom. The molecule has 28 heavy (non-hydrogen) atoms. The zero-order valence-corrected chi connectivity index (χ0v) is 15.2. The summed E-state index contributed by atoms with van der Waals surface area (Å²) in [7, 11) is 2.71. The number of carboxylic acids is 1. The van der Waals surface area contributed by atoms with E-state index in [-0.39, 0.29) is 34.1 Å². The van der Waals surface area contributed by atoms with Gasteiger partial charge in [0.15, 0.2) is 23.0 Å². The minimum Gasteiger partial charge on any atom is -0.504 e. The molecule has 146 valence electrons. The lowest BCUT2D eigenvalue weighted by molar-refractivity contribution is -0.132. The van der Waals surface area contributed by atoms with Gasteiger partial charge in [0.05, 0.1) is 25.4 Å². The Hall–Kier alpha value is -3.94. The monoisotopic (exact) mass is 385 g/mol. The van der Waals surface area contributed by atoms with Gasteiger partial charge in [0.2, 0.25) is 5.91 Å². The first-order valence-electron chi connectivity index (χ1n) is 7.97. The van der Waals surface area contributed by atoms with E-state index in [9.17, 15) is 24.9 Å². The molecule has 8 heteroatoms.